The first-order chi connectivity index (χ1) is 11.2. The maximum atomic E-state index is 12.7. The van der Waals surface area contributed by atoms with Crippen molar-refractivity contribution in [2.45, 2.75) is 32.1 Å². The van der Waals surface area contributed by atoms with Gasteiger partial charge in [0.25, 0.3) is 5.91 Å². The minimum Gasteiger partial charge on any atom is -0.334 e. The van der Waals surface area contributed by atoms with Crippen LogP contribution in [0.5, 0.6) is 0 Å². The molecular formula is C14H17F3N6O. The summed E-state index contributed by atoms with van der Waals surface area (Å²) < 4.78 is 38.0. The fraction of sp³-hybridized carbons (Fsp3) is 0.571. The lowest BCUT2D eigenvalue weighted by molar-refractivity contribution is -0.160. The van der Waals surface area contributed by atoms with Crippen molar-refractivity contribution in [3.8, 4) is 0 Å². The Bertz CT molecular complexity index is 733. The number of nitrogens with zero attached hydrogens (tertiary/aromatic N) is 5. The molecule has 3 heterocycles. The van der Waals surface area contributed by atoms with Gasteiger partial charge in [-0.2, -0.15) is 23.5 Å². The molecule has 0 aromatic carbocycles. The van der Waals surface area contributed by atoms with E-state index in [0.29, 0.717) is 11.2 Å². The number of piperazine rings is 1. The van der Waals surface area contributed by atoms with Crippen LogP contribution < -0.4 is 0 Å². The fourth-order valence-corrected chi connectivity index (χ4v) is 3.06. The summed E-state index contributed by atoms with van der Waals surface area (Å²) in [6, 6.07) is 2.39. The highest BCUT2D eigenvalue weighted by atomic mass is 19.4. The second kappa shape index (κ2) is 6.00. The summed E-state index contributed by atoms with van der Waals surface area (Å²) in [6.45, 7) is 2.85. The van der Waals surface area contributed by atoms with Crippen LogP contribution >= 0.6 is 0 Å². The Morgan fingerprint density at radius 3 is 2.54 bits per heavy atom. The van der Waals surface area contributed by atoms with Gasteiger partial charge in [0.1, 0.15) is 11.2 Å². The lowest BCUT2D eigenvalue weighted by Crippen LogP contribution is -2.59. The number of pyridine rings is 1. The van der Waals surface area contributed by atoms with Crippen LogP contribution in [0.3, 0.4) is 0 Å². The average Bonchev–Trinajstić information content (AvgIpc) is 2.96. The molecule has 0 radical (unpaired) electrons. The first kappa shape index (κ1) is 16.6. The molecule has 0 aliphatic carbocycles. The van der Waals surface area contributed by atoms with E-state index >= 15 is 0 Å². The van der Waals surface area contributed by atoms with Crippen LogP contribution in [0.15, 0.2) is 12.1 Å². The van der Waals surface area contributed by atoms with Crippen LogP contribution in [0.2, 0.25) is 0 Å². The summed E-state index contributed by atoms with van der Waals surface area (Å²) in [5.41, 5.74) is 1.08. The number of H-pyrrole nitrogens is 1. The van der Waals surface area contributed by atoms with E-state index in [1.165, 1.54) is 9.80 Å². The number of halogens is 3. The van der Waals surface area contributed by atoms with E-state index < -0.39 is 24.8 Å². The van der Waals surface area contributed by atoms with E-state index in [9.17, 15) is 18.0 Å². The summed E-state index contributed by atoms with van der Waals surface area (Å²) in [5.74, 6) is -0.315. The number of alkyl halides is 3. The summed E-state index contributed by atoms with van der Waals surface area (Å²) in [5, 5.41) is 10.1. The molecule has 7 nitrogen and oxygen atoms in total. The summed E-state index contributed by atoms with van der Waals surface area (Å²) in [6.07, 6.45) is -4.26. The van der Waals surface area contributed by atoms with Gasteiger partial charge in [-0.15, -0.1) is 5.10 Å². The highest BCUT2D eigenvalue weighted by Gasteiger charge is 2.39. The number of carbonyl (C=O) groups is 1. The van der Waals surface area contributed by atoms with Crippen molar-refractivity contribution < 1.29 is 18.0 Å². The number of fused-ring (bicyclic) bond motifs is 1. The Morgan fingerprint density at radius 1 is 1.25 bits per heavy atom. The van der Waals surface area contributed by atoms with Crippen molar-refractivity contribution in [3.05, 3.63) is 17.8 Å². The predicted octanol–water partition coefficient (Wildman–Crippen LogP) is 1.45. The molecule has 0 saturated carbocycles. The van der Waals surface area contributed by atoms with Crippen molar-refractivity contribution in [2.75, 3.05) is 19.6 Å². The minimum atomic E-state index is -4.26. The number of rotatable bonds is 2. The van der Waals surface area contributed by atoms with Gasteiger partial charge in [-0.1, -0.05) is 0 Å². The van der Waals surface area contributed by atoms with Gasteiger partial charge in [0, 0.05) is 25.2 Å². The third kappa shape index (κ3) is 3.32. The molecule has 1 N–H and O–H groups in total. The summed E-state index contributed by atoms with van der Waals surface area (Å²) in [4.78, 5) is 19.7. The van der Waals surface area contributed by atoms with E-state index in [1.807, 2.05) is 0 Å². The molecule has 3 rings (SSSR count). The van der Waals surface area contributed by atoms with Gasteiger partial charge in [-0.3, -0.25) is 9.69 Å². The number of amides is 1. The largest absolute Gasteiger partial charge is 0.401 e. The molecule has 24 heavy (non-hydrogen) atoms. The Kier molecular flexibility index (Phi) is 4.16. The first-order valence-electron chi connectivity index (χ1n) is 7.54. The van der Waals surface area contributed by atoms with Gasteiger partial charge < -0.3 is 4.90 Å². The molecule has 1 aliphatic rings. The lowest BCUT2D eigenvalue weighted by Gasteiger charge is -2.44. The van der Waals surface area contributed by atoms with Crippen molar-refractivity contribution in [1.29, 1.82) is 0 Å². The molecule has 10 heteroatoms. The van der Waals surface area contributed by atoms with Gasteiger partial charge in [0.15, 0.2) is 0 Å². The second-order valence-electron chi connectivity index (χ2n) is 6.06. The summed E-state index contributed by atoms with van der Waals surface area (Å²) in [7, 11) is 0. The standard InChI is InChI=1S/C14H17F3N6O/c1-8-5-22(6-9(2)23(8)7-14(15,16)17)13(24)11-4-3-10-12(18-11)20-21-19-10/h3-4,8-9H,5-7H2,1-2H3,(H,18,19,20,21)/t8-,9+. The Hall–Kier alpha value is -2.23. The van der Waals surface area contributed by atoms with Crippen LogP contribution in [-0.2, 0) is 0 Å². The monoisotopic (exact) mass is 342 g/mol. The van der Waals surface area contributed by atoms with Crippen LogP contribution in [0.1, 0.15) is 24.3 Å². The van der Waals surface area contributed by atoms with E-state index in [4.69, 9.17) is 0 Å². The zero-order valence-corrected chi connectivity index (χ0v) is 13.2. The average molecular weight is 342 g/mol. The maximum absolute atomic E-state index is 12.7. The normalized spacial score (nSPS) is 23.0. The van der Waals surface area contributed by atoms with Crippen LogP contribution in [0.4, 0.5) is 13.2 Å². The fourth-order valence-electron chi connectivity index (χ4n) is 3.06. The maximum Gasteiger partial charge on any atom is 0.401 e. The summed E-state index contributed by atoms with van der Waals surface area (Å²) >= 11 is 0. The minimum absolute atomic E-state index is 0.208. The van der Waals surface area contributed by atoms with Gasteiger partial charge in [-0.25, -0.2) is 4.98 Å². The Labute approximate surface area is 135 Å². The Balaban J connectivity index is 1.75. The molecule has 1 saturated heterocycles. The smallest absolute Gasteiger partial charge is 0.334 e. The zero-order valence-electron chi connectivity index (χ0n) is 13.2. The van der Waals surface area contributed by atoms with Crippen LogP contribution in [0.25, 0.3) is 11.2 Å². The molecule has 1 amide bonds. The molecule has 2 aromatic rings. The topological polar surface area (TPSA) is 78.0 Å². The number of aromatic nitrogens is 4. The van der Waals surface area contributed by atoms with Crippen molar-refractivity contribution >= 4 is 17.1 Å². The van der Waals surface area contributed by atoms with E-state index in [-0.39, 0.29) is 24.7 Å². The molecule has 0 unspecified atom stereocenters. The molecule has 2 atom stereocenters. The van der Waals surface area contributed by atoms with Gasteiger partial charge in [0.2, 0.25) is 5.65 Å². The zero-order chi connectivity index (χ0) is 17.5. The highest BCUT2D eigenvalue weighted by Crippen LogP contribution is 2.24. The molecule has 1 aliphatic heterocycles. The Morgan fingerprint density at radius 2 is 1.92 bits per heavy atom. The highest BCUT2D eigenvalue weighted by molar-refractivity contribution is 5.94. The molecule has 2 aromatic heterocycles. The number of hydrogen-bond donors (Lipinski definition) is 1. The molecule has 0 spiro atoms. The van der Waals surface area contributed by atoms with Gasteiger partial charge in [0.05, 0.1) is 6.54 Å². The number of nitrogens with one attached hydrogen (secondary N) is 1. The molecular weight excluding hydrogens is 325 g/mol. The second-order valence-corrected chi connectivity index (χ2v) is 6.06. The van der Waals surface area contributed by atoms with Crippen molar-refractivity contribution in [3.63, 3.8) is 0 Å². The van der Waals surface area contributed by atoms with Crippen molar-refractivity contribution in [2.24, 2.45) is 0 Å². The van der Waals surface area contributed by atoms with Crippen molar-refractivity contribution in [1.82, 2.24) is 30.2 Å². The number of carbonyl (C=O) groups excluding carboxylic acids is 1. The van der Waals surface area contributed by atoms with Gasteiger partial charge >= 0.3 is 6.18 Å². The van der Waals surface area contributed by atoms with Gasteiger partial charge in [-0.05, 0) is 26.0 Å². The van der Waals surface area contributed by atoms with Crippen LogP contribution in [-0.4, -0.2) is 74.0 Å². The van der Waals surface area contributed by atoms with Crippen LogP contribution in [0, 0.1) is 0 Å². The molecule has 1 fully saturated rings. The van der Waals surface area contributed by atoms with E-state index in [1.54, 1.807) is 26.0 Å². The number of hydrogen-bond acceptors (Lipinski definition) is 5. The number of aromatic amines is 1. The van der Waals surface area contributed by atoms with E-state index in [2.05, 4.69) is 20.4 Å². The molecule has 130 valence electrons. The predicted molar refractivity (Wildman–Crippen MR) is 79.3 cm³/mol. The SMILES string of the molecule is C[C@@H]1CN(C(=O)c2ccc3n[nH]nc3n2)C[C@H](C)N1CC(F)(F)F. The van der Waals surface area contributed by atoms with E-state index in [0.717, 1.165) is 0 Å². The third-order valence-electron chi connectivity index (χ3n) is 4.15. The molecule has 0 bridgehead atoms. The third-order valence-corrected chi connectivity index (χ3v) is 4.15. The lowest BCUT2D eigenvalue weighted by atomic mass is 10.1. The quantitative estimate of drug-likeness (QED) is 0.894. The first-order valence-corrected chi connectivity index (χ1v) is 7.54.